The van der Waals surface area contributed by atoms with Crippen LogP contribution in [0.1, 0.15) is 65.7 Å². The average molecular weight is 197 g/mol. The molecule has 0 bridgehead atoms. The molecule has 1 N–H and O–H groups in total. The Balaban J connectivity index is 2.38. The Morgan fingerprint density at radius 3 is 2.29 bits per heavy atom. The van der Waals surface area contributed by atoms with Gasteiger partial charge in [-0.05, 0) is 25.2 Å². The second-order valence-corrected chi connectivity index (χ2v) is 5.11. The van der Waals surface area contributed by atoms with E-state index in [1.165, 1.54) is 44.9 Å². The lowest BCUT2D eigenvalue weighted by atomic mass is 9.82. The van der Waals surface area contributed by atoms with Crippen molar-refractivity contribution in [2.45, 2.75) is 77.8 Å². The molecule has 0 aromatic carbocycles. The van der Waals surface area contributed by atoms with Crippen molar-refractivity contribution in [3.63, 3.8) is 0 Å². The van der Waals surface area contributed by atoms with Gasteiger partial charge in [0.2, 0.25) is 0 Å². The highest BCUT2D eigenvalue weighted by atomic mass is 14.9. The maximum absolute atomic E-state index is 3.75. The number of hydrogen-bond acceptors (Lipinski definition) is 1. The predicted molar refractivity (Wildman–Crippen MR) is 63.5 cm³/mol. The molecule has 84 valence electrons. The third-order valence-corrected chi connectivity index (χ3v) is 3.37. The first-order valence-corrected chi connectivity index (χ1v) is 6.50. The Morgan fingerprint density at radius 2 is 1.79 bits per heavy atom. The van der Waals surface area contributed by atoms with Crippen molar-refractivity contribution in [2.24, 2.45) is 5.92 Å². The van der Waals surface area contributed by atoms with Gasteiger partial charge in [0, 0.05) is 12.1 Å². The maximum atomic E-state index is 3.75. The van der Waals surface area contributed by atoms with Gasteiger partial charge in [0.05, 0.1) is 0 Å². The van der Waals surface area contributed by atoms with Crippen molar-refractivity contribution in [2.75, 3.05) is 0 Å². The zero-order valence-corrected chi connectivity index (χ0v) is 10.2. The van der Waals surface area contributed by atoms with E-state index in [1.54, 1.807) is 0 Å². The fraction of sp³-hybridized carbons (Fsp3) is 1.00. The summed E-state index contributed by atoms with van der Waals surface area (Å²) in [5.41, 5.74) is 0. The Hall–Kier alpha value is -0.0400. The van der Waals surface area contributed by atoms with E-state index in [9.17, 15) is 0 Å². The molecule has 0 aromatic heterocycles. The first kappa shape index (κ1) is 12.0. The van der Waals surface area contributed by atoms with E-state index in [2.05, 4.69) is 26.1 Å². The highest BCUT2D eigenvalue weighted by Crippen LogP contribution is 2.28. The molecule has 14 heavy (non-hydrogen) atoms. The quantitative estimate of drug-likeness (QED) is 0.708. The largest absolute Gasteiger partial charge is 0.312 e. The lowest BCUT2D eigenvalue weighted by Gasteiger charge is -2.32. The van der Waals surface area contributed by atoms with Crippen LogP contribution in [-0.4, -0.2) is 12.1 Å². The zero-order chi connectivity index (χ0) is 10.4. The molecule has 1 nitrogen and oxygen atoms in total. The van der Waals surface area contributed by atoms with Crippen LogP contribution in [0.5, 0.6) is 0 Å². The van der Waals surface area contributed by atoms with Crippen molar-refractivity contribution >= 4 is 0 Å². The fourth-order valence-electron chi connectivity index (χ4n) is 2.73. The van der Waals surface area contributed by atoms with Gasteiger partial charge in [-0.25, -0.2) is 0 Å². The molecule has 1 unspecified atom stereocenters. The zero-order valence-electron chi connectivity index (χ0n) is 10.2. The Kier molecular flexibility index (Phi) is 5.54. The normalized spacial score (nSPS) is 21.4. The topological polar surface area (TPSA) is 12.0 Å². The molecule has 0 radical (unpaired) electrons. The van der Waals surface area contributed by atoms with Gasteiger partial charge in [-0.3, -0.25) is 0 Å². The smallest absolute Gasteiger partial charge is 0.00975 e. The van der Waals surface area contributed by atoms with E-state index in [1.807, 2.05) is 0 Å². The predicted octanol–water partition coefficient (Wildman–Crippen LogP) is 3.73. The summed E-state index contributed by atoms with van der Waals surface area (Å²) in [5.74, 6) is 0.964. The van der Waals surface area contributed by atoms with E-state index in [0.717, 1.165) is 12.0 Å². The first-order chi connectivity index (χ1) is 6.74. The minimum absolute atomic E-state index is 0.647. The molecule has 0 amide bonds. The van der Waals surface area contributed by atoms with Crippen molar-refractivity contribution in [3.8, 4) is 0 Å². The number of nitrogens with one attached hydrogen (secondary N) is 1. The van der Waals surface area contributed by atoms with Gasteiger partial charge in [-0.1, -0.05) is 46.5 Å². The van der Waals surface area contributed by atoms with Crippen molar-refractivity contribution < 1.29 is 0 Å². The minimum Gasteiger partial charge on any atom is -0.312 e. The summed E-state index contributed by atoms with van der Waals surface area (Å²) in [6.45, 7) is 6.84. The fourth-order valence-corrected chi connectivity index (χ4v) is 2.73. The highest BCUT2D eigenvalue weighted by molar-refractivity contribution is 4.80. The summed E-state index contributed by atoms with van der Waals surface area (Å²) < 4.78 is 0. The molecule has 1 heteroatoms. The number of hydrogen-bond donors (Lipinski definition) is 1. The van der Waals surface area contributed by atoms with Crippen LogP contribution < -0.4 is 5.32 Å². The van der Waals surface area contributed by atoms with Gasteiger partial charge >= 0.3 is 0 Å². The van der Waals surface area contributed by atoms with Gasteiger partial charge in [-0.2, -0.15) is 0 Å². The molecule has 1 atom stereocenters. The summed E-state index contributed by atoms with van der Waals surface area (Å²) >= 11 is 0. The standard InChI is InChI=1S/C13H27N/c1-4-8-13(14-11(2)3)12-9-6-5-7-10-12/h11-14H,4-10H2,1-3H3. The monoisotopic (exact) mass is 197 g/mol. The molecule has 0 spiro atoms. The molecule has 1 aliphatic carbocycles. The van der Waals surface area contributed by atoms with Crippen LogP contribution >= 0.6 is 0 Å². The SMILES string of the molecule is CCCC(NC(C)C)C1CCCCC1. The van der Waals surface area contributed by atoms with Gasteiger partial charge in [0.15, 0.2) is 0 Å². The van der Waals surface area contributed by atoms with E-state index in [4.69, 9.17) is 0 Å². The Morgan fingerprint density at radius 1 is 1.14 bits per heavy atom. The Bertz CT molecular complexity index is 136. The van der Waals surface area contributed by atoms with Crippen LogP contribution in [0.4, 0.5) is 0 Å². The Labute approximate surface area is 89.7 Å². The maximum Gasteiger partial charge on any atom is 0.00975 e. The summed E-state index contributed by atoms with van der Waals surface area (Å²) in [6.07, 6.45) is 10.0. The number of rotatable bonds is 5. The summed E-state index contributed by atoms with van der Waals surface area (Å²) in [7, 11) is 0. The van der Waals surface area contributed by atoms with E-state index < -0.39 is 0 Å². The molecule has 0 heterocycles. The van der Waals surface area contributed by atoms with Crippen molar-refractivity contribution in [1.29, 1.82) is 0 Å². The van der Waals surface area contributed by atoms with Crippen LogP contribution in [-0.2, 0) is 0 Å². The van der Waals surface area contributed by atoms with E-state index in [0.29, 0.717) is 6.04 Å². The molecule has 1 fully saturated rings. The molecule has 0 aromatic rings. The van der Waals surface area contributed by atoms with Gasteiger partial charge in [0.1, 0.15) is 0 Å². The van der Waals surface area contributed by atoms with Gasteiger partial charge in [0.25, 0.3) is 0 Å². The van der Waals surface area contributed by atoms with Gasteiger partial charge in [-0.15, -0.1) is 0 Å². The van der Waals surface area contributed by atoms with Crippen LogP contribution in [0.25, 0.3) is 0 Å². The molecule has 1 saturated carbocycles. The van der Waals surface area contributed by atoms with Crippen molar-refractivity contribution in [1.82, 2.24) is 5.32 Å². The van der Waals surface area contributed by atoms with Crippen LogP contribution in [0.2, 0.25) is 0 Å². The lowest BCUT2D eigenvalue weighted by Crippen LogP contribution is -2.41. The van der Waals surface area contributed by atoms with Crippen LogP contribution in [0.3, 0.4) is 0 Å². The average Bonchev–Trinajstić information content (AvgIpc) is 2.18. The summed E-state index contributed by atoms with van der Waals surface area (Å²) in [5, 5.41) is 3.75. The molecule has 1 rings (SSSR count). The third-order valence-electron chi connectivity index (χ3n) is 3.37. The second-order valence-electron chi connectivity index (χ2n) is 5.11. The van der Waals surface area contributed by atoms with E-state index in [-0.39, 0.29) is 0 Å². The lowest BCUT2D eigenvalue weighted by molar-refractivity contribution is 0.246. The second kappa shape index (κ2) is 6.44. The molecule has 1 aliphatic rings. The van der Waals surface area contributed by atoms with Crippen LogP contribution in [0.15, 0.2) is 0 Å². The molecular weight excluding hydrogens is 170 g/mol. The molecule has 0 aliphatic heterocycles. The van der Waals surface area contributed by atoms with E-state index >= 15 is 0 Å². The molecular formula is C13H27N. The molecule has 0 saturated heterocycles. The summed E-state index contributed by atoms with van der Waals surface area (Å²) in [4.78, 5) is 0. The first-order valence-electron chi connectivity index (χ1n) is 6.50. The van der Waals surface area contributed by atoms with Crippen molar-refractivity contribution in [3.05, 3.63) is 0 Å². The third kappa shape index (κ3) is 4.00. The summed E-state index contributed by atoms with van der Waals surface area (Å²) in [6, 6.07) is 1.44. The van der Waals surface area contributed by atoms with Gasteiger partial charge < -0.3 is 5.32 Å². The van der Waals surface area contributed by atoms with Crippen LogP contribution in [0, 0.1) is 5.92 Å². The minimum atomic E-state index is 0.647. The highest BCUT2D eigenvalue weighted by Gasteiger charge is 2.22.